The third-order valence-corrected chi connectivity index (χ3v) is 8.21. The summed E-state index contributed by atoms with van der Waals surface area (Å²) >= 11 is 13.6. The van der Waals surface area contributed by atoms with Gasteiger partial charge in [0.25, 0.3) is 6.47 Å². The van der Waals surface area contributed by atoms with Gasteiger partial charge >= 0.3 is 103 Å². The van der Waals surface area contributed by atoms with Gasteiger partial charge in [-0.15, -0.1) is 0 Å². The molecular formula is C27H15Br4FK2N4O5. The molecule has 43 heavy (non-hydrogen) atoms. The number of aromatic nitrogens is 4. The van der Waals surface area contributed by atoms with Crippen molar-refractivity contribution in [2.45, 2.75) is 0 Å². The van der Waals surface area contributed by atoms with Crippen LogP contribution in [0.2, 0.25) is 0 Å². The Morgan fingerprint density at radius 3 is 1.95 bits per heavy atom. The summed E-state index contributed by atoms with van der Waals surface area (Å²) in [6, 6.07) is 17.8. The van der Waals surface area contributed by atoms with Crippen molar-refractivity contribution in [1.29, 1.82) is 0 Å². The van der Waals surface area contributed by atoms with Crippen molar-refractivity contribution < 1.29 is 133 Å². The zero-order valence-electron chi connectivity index (χ0n) is 23.3. The first kappa shape index (κ1) is 37.4. The molecule has 9 nitrogen and oxygen atoms in total. The van der Waals surface area contributed by atoms with Crippen molar-refractivity contribution in [3.05, 3.63) is 96.8 Å². The molecule has 0 saturated carbocycles. The molecule has 16 heteroatoms. The minimum Gasteiger partial charge on any atom is -1.00 e. The zero-order chi connectivity index (χ0) is 29.3. The standard InChI is InChI=1S/C13H7Br2FN2O.C13H6Br2N2O.CH2O3.2K.H/c14-7-1-3-11(10(16)5-7)18-13-8(6-17-18)9(15)2-4-12(13)19;14-7-1-3-10-12(5-7)18-11-4-2-9(15)8-6-16-17(10)13(8)11;2-1-4-3;;;/h1-6,19H;1-6H;1,3H;;;/q;;;2*+1;-1/p-1. The molecule has 1 N–H and O–H groups in total. The van der Waals surface area contributed by atoms with Gasteiger partial charge in [0.2, 0.25) is 0 Å². The van der Waals surface area contributed by atoms with Crippen LogP contribution in [0.3, 0.4) is 0 Å². The van der Waals surface area contributed by atoms with E-state index in [9.17, 15) is 9.50 Å². The average Bonchev–Trinajstić information content (AvgIpc) is 3.61. The van der Waals surface area contributed by atoms with Gasteiger partial charge in [-0.2, -0.15) is 10.2 Å². The molecule has 1 aliphatic rings. The van der Waals surface area contributed by atoms with E-state index in [-0.39, 0.29) is 122 Å². The molecule has 0 spiro atoms. The molecule has 0 amide bonds. The number of halogens is 5. The summed E-state index contributed by atoms with van der Waals surface area (Å²) < 4.78 is 26.7. The number of ether oxygens (including phenoxy) is 1. The van der Waals surface area contributed by atoms with Crippen molar-refractivity contribution in [2.24, 2.45) is 0 Å². The van der Waals surface area contributed by atoms with Crippen LogP contribution in [0.25, 0.3) is 33.2 Å². The molecule has 0 fully saturated rings. The van der Waals surface area contributed by atoms with Gasteiger partial charge in [-0.1, -0.05) is 63.7 Å². The van der Waals surface area contributed by atoms with Crippen molar-refractivity contribution in [3.8, 4) is 28.6 Å². The number of rotatable bonds is 2. The van der Waals surface area contributed by atoms with E-state index >= 15 is 0 Å². The Balaban J connectivity index is 0.000000258. The van der Waals surface area contributed by atoms with Crippen LogP contribution in [0.15, 0.2) is 90.9 Å². The van der Waals surface area contributed by atoms with Crippen LogP contribution >= 0.6 is 63.7 Å². The molecule has 6 aromatic rings. The number of fused-ring (bicyclic) bond motifs is 3. The first-order valence-corrected chi connectivity index (χ1v) is 14.6. The number of benzene rings is 4. The molecule has 0 unspecified atom stereocenters. The van der Waals surface area contributed by atoms with Gasteiger partial charge in [-0.25, -0.2) is 13.8 Å². The zero-order valence-corrected chi connectivity index (χ0v) is 34.9. The number of phenols is 1. The largest absolute Gasteiger partial charge is 1.00 e. The molecule has 4 aromatic carbocycles. The van der Waals surface area contributed by atoms with Gasteiger partial charge in [0.05, 0.1) is 12.4 Å². The Morgan fingerprint density at radius 2 is 1.35 bits per heavy atom. The Hall–Kier alpha value is -0.0273. The number of hydrogen-bond acceptors (Lipinski definition) is 7. The minimum absolute atomic E-state index is 0. The van der Waals surface area contributed by atoms with Gasteiger partial charge in [-0.05, 0) is 60.7 Å². The van der Waals surface area contributed by atoms with Gasteiger partial charge < -0.3 is 21.4 Å². The SMILES string of the molecule is Brc1ccc2c(c1)Oc1ccc(Br)c3cnn-2c13.O=CO[O-].Oc1ccc(Br)c2cnn(-c3ccc(Br)cc3F)c12.[H-].[K+].[K+]. The summed E-state index contributed by atoms with van der Waals surface area (Å²) in [5.41, 5.74) is 2.71. The normalized spacial score (nSPS) is 10.6. The Kier molecular flexibility index (Phi) is 14.5. The van der Waals surface area contributed by atoms with E-state index in [1.165, 1.54) is 10.7 Å². The van der Waals surface area contributed by atoms with Gasteiger partial charge in [0.1, 0.15) is 34.0 Å². The first-order chi connectivity index (χ1) is 19.7. The van der Waals surface area contributed by atoms with Crippen LogP contribution < -0.4 is 113 Å². The number of carbonyl (C=O) groups is 1. The third kappa shape index (κ3) is 8.10. The van der Waals surface area contributed by atoms with Crippen molar-refractivity contribution in [2.75, 3.05) is 0 Å². The van der Waals surface area contributed by atoms with E-state index in [2.05, 4.69) is 78.8 Å². The number of aromatic hydroxyl groups is 1. The van der Waals surface area contributed by atoms with Crippen LogP contribution in [0.5, 0.6) is 17.2 Å². The molecular weight excluding hydrogens is 877 g/mol. The molecule has 0 bridgehead atoms. The monoisotopic (exact) mass is 888 g/mol. The fourth-order valence-electron chi connectivity index (χ4n) is 4.13. The van der Waals surface area contributed by atoms with E-state index in [4.69, 9.17) is 14.8 Å². The van der Waals surface area contributed by atoms with Gasteiger partial charge in [-0.3, -0.25) is 4.79 Å². The molecule has 2 aromatic heterocycles. The van der Waals surface area contributed by atoms with Crippen LogP contribution in [0.1, 0.15) is 1.43 Å². The molecule has 0 atom stereocenters. The maximum absolute atomic E-state index is 14.0. The molecule has 7 rings (SSSR count). The second kappa shape index (κ2) is 16.7. The molecule has 0 saturated heterocycles. The number of nitrogens with zero attached hydrogens (tertiary/aromatic N) is 4. The third-order valence-electron chi connectivity index (χ3n) is 5.84. The smallest absolute Gasteiger partial charge is 1.00 e. The van der Waals surface area contributed by atoms with Crippen molar-refractivity contribution in [1.82, 2.24) is 19.6 Å². The van der Waals surface area contributed by atoms with E-state index in [0.717, 1.165) is 46.9 Å². The number of carbonyl (C=O) groups excluding carboxylic acids is 1. The maximum Gasteiger partial charge on any atom is 1.00 e. The second-order valence-electron chi connectivity index (χ2n) is 8.25. The summed E-state index contributed by atoms with van der Waals surface area (Å²) in [6.07, 6.45) is 3.43. The fourth-order valence-corrected chi connectivity index (χ4v) is 5.65. The van der Waals surface area contributed by atoms with E-state index in [0.29, 0.717) is 9.99 Å². The number of phenolic OH excluding ortho intramolecular Hbond substituents is 1. The predicted molar refractivity (Wildman–Crippen MR) is 163 cm³/mol. The minimum atomic E-state index is -0.418. The van der Waals surface area contributed by atoms with Crippen molar-refractivity contribution in [3.63, 3.8) is 0 Å². The van der Waals surface area contributed by atoms with E-state index in [1.54, 1.807) is 30.5 Å². The molecule has 210 valence electrons. The maximum atomic E-state index is 14.0. The Labute approximate surface area is 363 Å². The van der Waals surface area contributed by atoms with E-state index in [1.807, 2.05) is 41.2 Å². The first-order valence-electron chi connectivity index (χ1n) is 11.4. The Morgan fingerprint density at radius 1 is 0.814 bits per heavy atom. The average molecular weight is 892 g/mol. The summed E-state index contributed by atoms with van der Waals surface area (Å²) in [4.78, 5) is 11.2. The van der Waals surface area contributed by atoms with E-state index < -0.39 is 5.82 Å². The molecule has 3 heterocycles. The quantitative estimate of drug-likeness (QED) is 0.122. The Bertz CT molecular complexity index is 1950. The molecule has 0 aliphatic carbocycles. The second-order valence-corrected chi connectivity index (χ2v) is 11.8. The van der Waals surface area contributed by atoms with Crippen LogP contribution in [0.4, 0.5) is 4.39 Å². The molecule has 1 aliphatic heterocycles. The van der Waals surface area contributed by atoms with Gasteiger partial charge in [0, 0.05) is 28.7 Å². The van der Waals surface area contributed by atoms with Crippen LogP contribution in [0, 0.1) is 5.82 Å². The molecule has 0 radical (unpaired) electrons. The van der Waals surface area contributed by atoms with Gasteiger partial charge in [0.15, 0.2) is 11.5 Å². The summed E-state index contributed by atoms with van der Waals surface area (Å²) in [5.74, 6) is 1.28. The summed E-state index contributed by atoms with van der Waals surface area (Å²) in [7, 11) is 0. The fraction of sp³-hybridized carbons (Fsp3) is 0. The van der Waals surface area contributed by atoms with Crippen molar-refractivity contribution >= 4 is 92.0 Å². The predicted octanol–water partition coefficient (Wildman–Crippen LogP) is 1.61. The van der Waals surface area contributed by atoms with Crippen LogP contribution in [-0.4, -0.2) is 31.1 Å². The number of hydrogen-bond donors (Lipinski definition) is 1. The van der Waals surface area contributed by atoms with Crippen LogP contribution in [-0.2, 0) is 9.68 Å². The summed E-state index contributed by atoms with van der Waals surface area (Å²) in [5, 5.41) is 28.8. The summed E-state index contributed by atoms with van der Waals surface area (Å²) in [6.45, 7) is -0.181. The topological polar surface area (TPSA) is 114 Å².